The van der Waals surface area contributed by atoms with Gasteiger partial charge in [0.05, 0.1) is 0 Å². The van der Waals surface area contributed by atoms with Crippen molar-refractivity contribution < 1.29 is 9.59 Å². The van der Waals surface area contributed by atoms with Crippen molar-refractivity contribution in [2.75, 3.05) is 37.6 Å². The van der Waals surface area contributed by atoms with Crippen LogP contribution in [0.1, 0.15) is 13.8 Å². The number of urea groups is 1. The molecular weight excluding hydrogens is 290 g/mol. The summed E-state index contributed by atoms with van der Waals surface area (Å²) in [6.45, 7) is 6.50. The normalized spacial score (nSPS) is 14.7. The van der Waals surface area contributed by atoms with Crippen LogP contribution in [-0.2, 0) is 4.79 Å². The van der Waals surface area contributed by atoms with Gasteiger partial charge in [0.2, 0.25) is 5.91 Å². The van der Waals surface area contributed by atoms with E-state index >= 15 is 0 Å². The van der Waals surface area contributed by atoms with Crippen molar-refractivity contribution in [3.05, 3.63) is 29.3 Å². The van der Waals surface area contributed by atoms with Crippen LogP contribution in [-0.4, -0.2) is 54.5 Å². The molecule has 1 aromatic carbocycles. The van der Waals surface area contributed by atoms with Gasteiger partial charge in [0.1, 0.15) is 6.54 Å². The Hall–Kier alpha value is -1.75. The molecule has 0 N–H and O–H groups in total. The van der Waals surface area contributed by atoms with Gasteiger partial charge in [-0.1, -0.05) is 11.6 Å². The third-order valence-corrected chi connectivity index (χ3v) is 3.93. The maximum Gasteiger partial charge on any atom is 0.325 e. The molecule has 114 valence electrons. The summed E-state index contributed by atoms with van der Waals surface area (Å²) in [5.41, 5.74) is 0.808. The molecule has 0 aliphatic carbocycles. The number of hydrogen-bond acceptors (Lipinski definition) is 2. The number of likely N-dealkylation sites (N-methyl/N-ethyl adjacent to an activating group) is 1. The first kappa shape index (κ1) is 15.6. The first-order chi connectivity index (χ1) is 10.1. The van der Waals surface area contributed by atoms with Crippen molar-refractivity contribution in [2.45, 2.75) is 13.8 Å². The second-order valence-corrected chi connectivity index (χ2v) is 5.33. The molecule has 0 atom stereocenters. The predicted molar refractivity (Wildman–Crippen MR) is 83.7 cm³/mol. The highest BCUT2D eigenvalue weighted by molar-refractivity contribution is 6.30. The maximum atomic E-state index is 12.4. The molecule has 2 rings (SSSR count). The van der Waals surface area contributed by atoms with Gasteiger partial charge in [0, 0.05) is 36.9 Å². The molecule has 5 nitrogen and oxygen atoms in total. The van der Waals surface area contributed by atoms with Crippen molar-refractivity contribution in [3.8, 4) is 0 Å². The number of anilines is 1. The molecule has 1 aliphatic rings. The van der Waals surface area contributed by atoms with Crippen LogP contribution in [0.15, 0.2) is 24.3 Å². The fraction of sp³-hybridized carbons (Fsp3) is 0.467. The lowest BCUT2D eigenvalue weighted by Gasteiger charge is -2.23. The lowest BCUT2D eigenvalue weighted by Crippen LogP contribution is -2.42. The third kappa shape index (κ3) is 3.47. The fourth-order valence-electron chi connectivity index (χ4n) is 2.43. The van der Waals surface area contributed by atoms with Gasteiger partial charge in [-0.3, -0.25) is 9.69 Å². The van der Waals surface area contributed by atoms with Crippen LogP contribution in [0.25, 0.3) is 0 Å². The molecule has 3 amide bonds. The van der Waals surface area contributed by atoms with E-state index in [1.807, 2.05) is 26.0 Å². The zero-order valence-electron chi connectivity index (χ0n) is 12.4. The average molecular weight is 310 g/mol. The van der Waals surface area contributed by atoms with Crippen molar-refractivity contribution in [1.29, 1.82) is 0 Å². The zero-order valence-corrected chi connectivity index (χ0v) is 13.1. The van der Waals surface area contributed by atoms with Crippen molar-refractivity contribution in [3.63, 3.8) is 0 Å². The van der Waals surface area contributed by atoms with Gasteiger partial charge in [-0.25, -0.2) is 4.79 Å². The van der Waals surface area contributed by atoms with E-state index in [1.165, 1.54) is 0 Å². The first-order valence-corrected chi connectivity index (χ1v) is 7.54. The van der Waals surface area contributed by atoms with Gasteiger partial charge in [0.15, 0.2) is 0 Å². The van der Waals surface area contributed by atoms with Crippen LogP contribution in [0, 0.1) is 0 Å². The summed E-state index contributed by atoms with van der Waals surface area (Å²) in [7, 11) is 0. The highest BCUT2D eigenvalue weighted by Gasteiger charge is 2.31. The molecule has 0 unspecified atom stereocenters. The van der Waals surface area contributed by atoms with E-state index in [4.69, 9.17) is 11.6 Å². The summed E-state index contributed by atoms with van der Waals surface area (Å²) in [5.74, 6) is -0.00805. The van der Waals surface area contributed by atoms with Crippen molar-refractivity contribution >= 4 is 29.2 Å². The van der Waals surface area contributed by atoms with Crippen LogP contribution in [0.5, 0.6) is 0 Å². The Morgan fingerprint density at radius 2 is 1.81 bits per heavy atom. The minimum atomic E-state index is -0.127. The topological polar surface area (TPSA) is 43.9 Å². The number of carbonyl (C=O) groups is 2. The molecule has 1 heterocycles. The van der Waals surface area contributed by atoms with Gasteiger partial charge in [-0.15, -0.1) is 0 Å². The van der Waals surface area contributed by atoms with E-state index in [9.17, 15) is 9.59 Å². The average Bonchev–Trinajstić information content (AvgIpc) is 2.83. The van der Waals surface area contributed by atoms with Gasteiger partial charge >= 0.3 is 6.03 Å². The smallest absolute Gasteiger partial charge is 0.325 e. The lowest BCUT2D eigenvalue weighted by molar-refractivity contribution is -0.131. The van der Waals surface area contributed by atoms with Crippen LogP contribution in [0.4, 0.5) is 10.5 Å². The molecule has 1 saturated heterocycles. The lowest BCUT2D eigenvalue weighted by atomic mass is 10.3. The highest BCUT2D eigenvalue weighted by atomic mass is 35.5. The Balaban J connectivity index is 2.01. The molecule has 0 bridgehead atoms. The number of hydrogen-bond donors (Lipinski definition) is 0. The van der Waals surface area contributed by atoms with Crippen LogP contribution in [0.2, 0.25) is 5.02 Å². The Labute approximate surface area is 130 Å². The van der Waals surface area contributed by atoms with E-state index in [1.54, 1.807) is 26.8 Å². The first-order valence-electron chi connectivity index (χ1n) is 7.16. The SMILES string of the molecule is CCN(CC)C(=O)CN1CCN(c2ccc(Cl)cc2)C1=O. The Kier molecular flexibility index (Phi) is 5.07. The predicted octanol–water partition coefficient (Wildman–Crippen LogP) is 2.45. The number of benzene rings is 1. The molecular formula is C15H20ClN3O2. The second kappa shape index (κ2) is 6.80. The number of rotatable bonds is 5. The number of amides is 3. The summed E-state index contributed by atoms with van der Waals surface area (Å²) in [6, 6.07) is 7.02. The van der Waals surface area contributed by atoms with Gasteiger partial charge in [-0.2, -0.15) is 0 Å². The van der Waals surface area contributed by atoms with Gasteiger partial charge in [-0.05, 0) is 38.1 Å². The van der Waals surface area contributed by atoms with Crippen LogP contribution >= 0.6 is 11.6 Å². The second-order valence-electron chi connectivity index (χ2n) is 4.90. The molecule has 1 aromatic rings. The largest absolute Gasteiger partial charge is 0.342 e. The summed E-state index contributed by atoms with van der Waals surface area (Å²) < 4.78 is 0. The standard InChI is InChI=1S/C15H20ClN3O2/c1-3-17(4-2)14(20)11-18-9-10-19(15(18)21)13-7-5-12(16)6-8-13/h5-8H,3-4,9-11H2,1-2H3. The Morgan fingerprint density at radius 1 is 1.19 bits per heavy atom. The summed E-state index contributed by atoms with van der Waals surface area (Å²) in [6.07, 6.45) is 0. The van der Waals surface area contributed by atoms with E-state index < -0.39 is 0 Å². The minimum absolute atomic E-state index is 0.00805. The highest BCUT2D eigenvalue weighted by Crippen LogP contribution is 2.22. The summed E-state index contributed by atoms with van der Waals surface area (Å²) in [4.78, 5) is 29.5. The Morgan fingerprint density at radius 3 is 2.38 bits per heavy atom. The maximum absolute atomic E-state index is 12.4. The van der Waals surface area contributed by atoms with E-state index in [2.05, 4.69) is 0 Å². The van der Waals surface area contributed by atoms with Crippen molar-refractivity contribution in [1.82, 2.24) is 9.80 Å². The molecule has 6 heteroatoms. The van der Waals surface area contributed by atoms with Crippen LogP contribution < -0.4 is 4.90 Å². The number of carbonyl (C=O) groups excluding carboxylic acids is 2. The molecule has 0 radical (unpaired) electrons. The summed E-state index contributed by atoms with van der Waals surface area (Å²) >= 11 is 5.85. The molecule has 0 spiro atoms. The molecule has 0 saturated carbocycles. The zero-order chi connectivity index (χ0) is 15.4. The van der Waals surface area contributed by atoms with E-state index in [0.717, 1.165) is 5.69 Å². The quantitative estimate of drug-likeness (QED) is 0.838. The monoisotopic (exact) mass is 309 g/mol. The van der Waals surface area contributed by atoms with Crippen molar-refractivity contribution in [2.24, 2.45) is 0 Å². The minimum Gasteiger partial charge on any atom is -0.342 e. The number of nitrogens with zero attached hydrogens (tertiary/aromatic N) is 3. The summed E-state index contributed by atoms with van der Waals surface area (Å²) in [5, 5.41) is 0.638. The van der Waals surface area contributed by atoms with Gasteiger partial charge < -0.3 is 9.80 Å². The molecule has 1 aliphatic heterocycles. The van der Waals surface area contributed by atoms with E-state index in [-0.39, 0.29) is 18.5 Å². The third-order valence-electron chi connectivity index (χ3n) is 3.68. The van der Waals surface area contributed by atoms with Crippen LogP contribution in [0.3, 0.4) is 0 Å². The van der Waals surface area contributed by atoms with Gasteiger partial charge in [0.25, 0.3) is 0 Å². The van der Waals surface area contributed by atoms with E-state index in [0.29, 0.717) is 31.2 Å². The Bertz CT molecular complexity index is 514. The molecule has 1 fully saturated rings. The molecule has 0 aromatic heterocycles. The number of halogens is 1. The fourth-order valence-corrected chi connectivity index (χ4v) is 2.56. The molecule has 21 heavy (non-hydrogen) atoms.